The van der Waals surface area contributed by atoms with Crippen LogP contribution in [-0.4, -0.2) is 26.1 Å². The van der Waals surface area contributed by atoms with Gasteiger partial charge < -0.3 is 4.98 Å². The lowest BCUT2D eigenvalue weighted by Crippen LogP contribution is -2.22. The van der Waals surface area contributed by atoms with E-state index in [9.17, 15) is 9.59 Å². The highest BCUT2D eigenvalue weighted by molar-refractivity contribution is 6.02. The van der Waals surface area contributed by atoms with Gasteiger partial charge in [-0.3, -0.25) is 14.9 Å². The highest BCUT2D eigenvalue weighted by Gasteiger charge is 2.10. The molecule has 0 unspecified atom stereocenters. The van der Waals surface area contributed by atoms with Crippen LogP contribution in [0.5, 0.6) is 0 Å². The molecular weight excluding hydrogens is 198 g/mol. The summed E-state index contributed by atoms with van der Waals surface area (Å²) >= 11 is 0. The lowest BCUT2D eigenvalue weighted by atomic mass is 10.2. The Hall–Kier alpha value is -2.44. The van der Waals surface area contributed by atoms with E-state index in [0.29, 0.717) is 0 Å². The van der Waals surface area contributed by atoms with Crippen molar-refractivity contribution in [3.63, 3.8) is 0 Å². The van der Waals surface area contributed by atoms with Gasteiger partial charge in [0.25, 0.3) is 11.5 Å². The summed E-state index contributed by atoms with van der Waals surface area (Å²) in [6.45, 7) is 0. The SMILES string of the molecule is O=C(Nc1ncn[nH]1)c1ccc[nH]c1=O. The van der Waals surface area contributed by atoms with Gasteiger partial charge in [-0.1, -0.05) is 0 Å². The molecular formula is C8H7N5O2. The van der Waals surface area contributed by atoms with E-state index in [1.807, 2.05) is 0 Å². The topological polar surface area (TPSA) is 104 Å². The Morgan fingerprint density at radius 2 is 2.33 bits per heavy atom. The summed E-state index contributed by atoms with van der Waals surface area (Å²) < 4.78 is 0. The minimum absolute atomic E-state index is 0.0221. The number of nitrogens with zero attached hydrogens (tertiary/aromatic N) is 2. The molecule has 2 heterocycles. The van der Waals surface area contributed by atoms with Crippen LogP contribution in [0.3, 0.4) is 0 Å². The molecule has 0 spiro atoms. The third-order valence-corrected chi connectivity index (χ3v) is 1.71. The monoisotopic (exact) mass is 205 g/mol. The molecule has 7 nitrogen and oxygen atoms in total. The Kier molecular flexibility index (Phi) is 2.28. The van der Waals surface area contributed by atoms with Crippen molar-refractivity contribution in [2.75, 3.05) is 5.32 Å². The van der Waals surface area contributed by atoms with E-state index in [1.54, 1.807) is 6.07 Å². The Morgan fingerprint density at radius 3 is 3.00 bits per heavy atom. The fraction of sp³-hybridized carbons (Fsp3) is 0. The standard InChI is InChI=1S/C8H7N5O2/c14-6-5(2-1-3-9-6)7(15)12-8-10-4-11-13-8/h1-4H,(H,9,14)(H2,10,11,12,13,15). The van der Waals surface area contributed by atoms with E-state index in [4.69, 9.17) is 0 Å². The van der Waals surface area contributed by atoms with E-state index in [-0.39, 0.29) is 11.5 Å². The molecule has 0 aliphatic carbocycles. The maximum absolute atomic E-state index is 11.5. The molecule has 15 heavy (non-hydrogen) atoms. The molecule has 0 aliphatic rings. The van der Waals surface area contributed by atoms with Crippen molar-refractivity contribution >= 4 is 11.9 Å². The van der Waals surface area contributed by atoms with Gasteiger partial charge >= 0.3 is 0 Å². The molecule has 2 aromatic heterocycles. The first-order valence-corrected chi connectivity index (χ1v) is 4.12. The van der Waals surface area contributed by atoms with Crippen LogP contribution in [0, 0.1) is 0 Å². The second-order valence-electron chi connectivity index (χ2n) is 2.70. The molecule has 0 saturated heterocycles. The van der Waals surface area contributed by atoms with Crippen LogP contribution in [-0.2, 0) is 0 Å². The summed E-state index contributed by atoms with van der Waals surface area (Å²) in [4.78, 5) is 28.8. The van der Waals surface area contributed by atoms with Gasteiger partial charge in [0, 0.05) is 6.20 Å². The molecule has 2 aromatic rings. The van der Waals surface area contributed by atoms with Crippen molar-refractivity contribution in [1.29, 1.82) is 0 Å². The van der Waals surface area contributed by atoms with Crippen molar-refractivity contribution in [1.82, 2.24) is 20.2 Å². The van der Waals surface area contributed by atoms with E-state index in [2.05, 4.69) is 25.5 Å². The number of carbonyl (C=O) groups excluding carboxylic acids is 1. The smallest absolute Gasteiger partial charge is 0.263 e. The summed E-state index contributed by atoms with van der Waals surface area (Å²) in [6, 6.07) is 2.99. The van der Waals surface area contributed by atoms with Gasteiger partial charge in [0.05, 0.1) is 0 Å². The average molecular weight is 205 g/mol. The maximum atomic E-state index is 11.5. The first-order valence-electron chi connectivity index (χ1n) is 4.12. The van der Waals surface area contributed by atoms with E-state index in [0.717, 1.165) is 0 Å². The second kappa shape index (κ2) is 3.74. The van der Waals surface area contributed by atoms with Crippen LogP contribution < -0.4 is 10.9 Å². The first kappa shape index (κ1) is 9.13. The fourth-order valence-corrected chi connectivity index (χ4v) is 1.04. The van der Waals surface area contributed by atoms with Crippen LogP contribution in [0.4, 0.5) is 5.95 Å². The molecule has 76 valence electrons. The number of amides is 1. The number of nitrogens with one attached hydrogen (secondary N) is 3. The van der Waals surface area contributed by atoms with E-state index < -0.39 is 11.5 Å². The molecule has 0 aromatic carbocycles. The third kappa shape index (κ3) is 1.90. The Bertz CT molecular complexity index is 516. The summed E-state index contributed by atoms with van der Waals surface area (Å²) in [6.07, 6.45) is 2.71. The fourth-order valence-electron chi connectivity index (χ4n) is 1.04. The van der Waals surface area contributed by atoms with Gasteiger partial charge in [-0.25, -0.2) is 5.10 Å². The van der Waals surface area contributed by atoms with Crippen molar-refractivity contribution in [2.45, 2.75) is 0 Å². The normalized spacial score (nSPS) is 9.87. The zero-order valence-corrected chi connectivity index (χ0v) is 7.52. The number of pyridine rings is 1. The Morgan fingerprint density at radius 1 is 1.47 bits per heavy atom. The first-order chi connectivity index (χ1) is 7.27. The van der Waals surface area contributed by atoms with Gasteiger partial charge in [-0.2, -0.15) is 10.1 Å². The Labute approximate surface area is 83.6 Å². The zero-order valence-electron chi connectivity index (χ0n) is 7.52. The molecule has 3 N–H and O–H groups in total. The summed E-state index contributed by atoms with van der Waals surface area (Å²) in [5, 5.41) is 8.40. The number of hydrogen-bond donors (Lipinski definition) is 3. The minimum atomic E-state index is -0.534. The number of hydrogen-bond acceptors (Lipinski definition) is 4. The number of aromatic nitrogens is 4. The average Bonchev–Trinajstić information content (AvgIpc) is 2.71. The predicted molar refractivity (Wildman–Crippen MR) is 51.4 cm³/mol. The third-order valence-electron chi connectivity index (χ3n) is 1.71. The lowest BCUT2D eigenvalue weighted by Gasteiger charge is -1.99. The minimum Gasteiger partial charge on any atom is -0.328 e. The molecule has 0 aliphatic heterocycles. The molecule has 0 saturated carbocycles. The predicted octanol–water partition coefficient (Wildman–Crippen LogP) is -0.255. The second-order valence-corrected chi connectivity index (χ2v) is 2.70. The maximum Gasteiger partial charge on any atom is 0.263 e. The van der Waals surface area contributed by atoms with Gasteiger partial charge in [0.1, 0.15) is 11.9 Å². The van der Waals surface area contributed by atoms with Crippen LogP contribution in [0.1, 0.15) is 10.4 Å². The molecule has 0 radical (unpaired) electrons. The van der Waals surface area contributed by atoms with Crippen molar-refractivity contribution < 1.29 is 4.79 Å². The largest absolute Gasteiger partial charge is 0.328 e. The van der Waals surface area contributed by atoms with Gasteiger partial charge in [0.15, 0.2) is 0 Å². The molecule has 0 bridgehead atoms. The lowest BCUT2D eigenvalue weighted by molar-refractivity contribution is 0.102. The molecule has 2 rings (SSSR count). The van der Waals surface area contributed by atoms with E-state index >= 15 is 0 Å². The number of carbonyl (C=O) groups is 1. The van der Waals surface area contributed by atoms with Crippen molar-refractivity contribution in [3.8, 4) is 0 Å². The number of anilines is 1. The number of rotatable bonds is 2. The van der Waals surface area contributed by atoms with Crippen LogP contribution in [0.25, 0.3) is 0 Å². The highest BCUT2D eigenvalue weighted by Crippen LogP contribution is 1.97. The van der Waals surface area contributed by atoms with Gasteiger partial charge in [-0.15, -0.1) is 0 Å². The van der Waals surface area contributed by atoms with Gasteiger partial charge in [0.2, 0.25) is 5.95 Å². The van der Waals surface area contributed by atoms with Crippen LogP contribution in [0.2, 0.25) is 0 Å². The highest BCUT2D eigenvalue weighted by atomic mass is 16.2. The summed E-state index contributed by atoms with van der Waals surface area (Å²) in [5.74, 6) is -0.336. The van der Waals surface area contributed by atoms with Crippen molar-refractivity contribution in [2.24, 2.45) is 0 Å². The molecule has 0 fully saturated rings. The zero-order chi connectivity index (χ0) is 10.7. The van der Waals surface area contributed by atoms with Crippen LogP contribution >= 0.6 is 0 Å². The van der Waals surface area contributed by atoms with Crippen molar-refractivity contribution in [3.05, 3.63) is 40.6 Å². The summed E-state index contributed by atoms with van der Waals surface area (Å²) in [5.41, 5.74) is -0.427. The number of aromatic amines is 2. The van der Waals surface area contributed by atoms with Gasteiger partial charge in [-0.05, 0) is 12.1 Å². The quantitative estimate of drug-likeness (QED) is 0.628. The van der Waals surface area contributed by atoms with Crippen LogP contribution in [0.15, 0.2) is 29.5 Å². The number of H-pyrrole nitrogens is 2. The summed E-state index contributed by atoms with van der Waals surface area (Å²) in [7, 11) is 0. The molecule has 0 atom stereocenters. The molecule has 7 heteroatoms. The molecule has 1 amide bonds. The Balaban J connectivity index is 2.23. The van der Waals surface area contributed by atoms with E-state index in [1.165, 1.54) is 18.6 Å².